The first kappa shape index (κ1) is 11.7. The zero-order chi connectivity index (χ0) is 10.9. The first-order chi connectivity index (χ1) is 6.36. The van der Waals surface area contributed by atoms with Gasteiger partial charge in [-0.25, -0.2) is 0 Å². The van der Waals surface area contributed by atoms with Gasteiger partial charge in [-0.15, -0.1) is 11.6 Å². The minimum absolute atomic E-state index is 0.0191. The van der Waals surface area contributed by atoms with Crippen LogP contribution in [0, 0.1) is 0 Å². The average Bonchev–Trinajstić information content (AvgIpc) is 2.07. The number of hydrogen-bond acceptors (Lipinski definition) is 1. The van der Waals surface area contributed by atoms with Gasteiger partial charge in [0.2, 0.25) is 0 Å². The van der Waals surface area contributed by atoms with Crippen LogP contribution in [0.2, 0.25) is 0 Å². The highest BCUT2D eigenvalue weighted by Gasteiger charge is 2.31. The molecule has 0 atom stereocenters. The van der Waals surface area contributed by atoms with Gasteiger partial charge in [0.25, 0.3) is 0 Å². The monoisotopic (exact) mass is 287 g/mol. The van der Waals surface area contributed by atoms with Gasteiger partial charge in [-0.1, -0.05) is 0 Å². The maximum atomic E-state index is 12.3. The molecule has 0 aromatic heterocycles. The van der Waals surface area contributed by atoms with E-state index in [1.54, 1.807) is 0 Å². The quantitative estimate of drug-likeness (QED) is 0.617. The Morgan fingerprint density at radius 1 is 1.36 bits per heavy atom. The molecular formula is C8H6BrClF3N. The van der Waals surface area contributed by atoms with Gasteiger partial charge in [-0.3, -0.25) is 0 Å². The standard InChI is InChI=1S/C8H6BrClF3N/c9-7-4(3-10)1-5(2-6(7)14)8(11,12)13/h1-2H,3,14H2. The highest BCUT2D eigenvalue weighted by molar-refractivity contribution is 9.10. The van der Waals surface area contributed by atoms with E-state index in [1.165, 1.54) is 0 Å². The molecule has 0 amide bonds. The zero-order valence-electron chi connectivity index (χ0n) is 6.83. The van der Waals surface area contributed by atoms with Crippen LogP contribution in [0.25, 0.3) is 0 Å². The van der Waals surface area contributed by atoms with Crippen LogP contribution in [0.5, 0.6) is 0 Å². The number of rotatable bonds is 1. The summed E-state index contributed by atoms with van der Waals surface area (Å²) >= 11 is 8.54. The van der Waals surface area contributed by atoms with Crippen LogP contribution in [0.15, 0.2) is 16.6 Å². The van der Waals surface area contributed by atoms with E-state index in [0.717, 1.165) is 12.1 Å². The van der Waals surface area contributed by atoms with Gasteiger partial charge in [-0.2, -0.15) is 13.2 Å². The van der Waals surface area contributed by atoms with Crippen molar-refractivity contribution in [3.8, 4) is 0 Å². The molecule has 1 aromatic rings. The molecule has 0 unspecified atom stereocenters. The van der Waals surface area contributed by atoms with Crippen LogP contribution in [0.1, 0.15) is 11.1 Å². The van der Waals surface area contributed by atoms with Crippen molar-refractivity contribution in [3.05, 3.63) is 27.7 Å². The van der Waals surface area contributed by atoms with Crippen molar-refractivity contribution in [1.82, 2.24) is 0 Å². The Morgan fingerprint density at radius 2 is 1.93 bits per heavy atom. The van der Waals surface area contributed by atoms with Crippen molar-refractivity contribution in [2.75, 3.05) is 5.73 Å². The molecule has 2 N–H and O–H groups in total. The lowest BCUT2D eigenvalue weighted by molar-refractivity contribution is -0.137. The molecule has 0 aliphatic heterocycles. The highest BCUT2D eigenvalue weighted by Crippen LogP contribution is 2.35. The third-order valence-electron chi connectivity index (χ3n) is 1.65. The number of halogens is 5. The second kappa shape index (κ2) is 3.98. The third kappa shape index (κ3) is 2.33. The van der Waals surface area contributed by atoms with E-state index in [0.29, 0.717) is 10.0 Å². The summed E-state index contributed by atoms with van der Waals surface area (Å²) < 4.78 is 37.3. The van der Waals surface area contributed by atoms with Crippen molar-refractivity contribution in [3.63, 3.8) is 0 Å². The average molecular weight is 288 g/mol. The van der Waals surface area contributed by atoms with Crippen molar-refractivity contribution in [2.45, 2.75) is 12.1 Å². The van der Waals surface area contributed by atoms with Crippen LogP contribution in [0.4, 0.5) is 18.9 Å². The molecular weight excluding hydrogens is 282 g/mol. The Bertz CT molecular complexity index is 351. The van der Waals surface area contributed by atoms with Gasteiger partial charge in [0.05, 0.1) is 5.56 Å². The number of nitrogens with two attached hydrogens (primary N) is 1. The summed E-state index contributed by atoms with van der Waals surface area (Å²) in [4.78, 5) is 0. The lowest BCUT2D eigenvalue weighted by Gasteiger charge is -2.11. The molecule has 0 saturated heterocycles. The number of alkyl halides is 4. The van der Waals surface area contributed by atoms with Crippen molar-refractivity contribution < 1.29 is 13.2 Å². The summed E-state index contributed by atoms with van der Waals surface area (Å²) in [6.45, 7) is 0. The van der Waals surface area contributed by atoms with Gasteiger partial charge in [0.1, 0.15) is 0 Å². The molecule has 1 rings (SSSR count). The second-order valence-electron chi connectivity index (χ2n) is 2.67. The number of benzene rings is 1. The third-order valence-corrected chi connectivity index (χ3v) is 2.90. The number of anilines is 1. The minimum Gasteiger partial charge on any atom is -0.398 e. The summed E-state index contributed by atoms with van der Waals surface area (Å²) in [5.41, 5.74) is 4.97. The summed E-state index contributed by atoms with van der Waals surface area (Å²) in [5, 5.41) is 0. The summed E-state index contributed by atoms with van der Waals surface area (Å²) in [6.07, 6.45) is -4.39. The van der Waals surface area contributed by atoms with Gasteiger partial charge in [-0.05, 0) is 33.6 Å². The minimum atomic E-state index is -4.39. The molecule has 0 saturated carbocycles. The largest absolute Gasteiger partial charge is 0.416 e. The molecule has 1 nitrogen and oxygen atoms in total. The highest BCUT2D eigenvalue weighted by atomic mass is 79.9. The maximum absolute atomic E-state index is 12.3. The van der Waals surface area contributed by atoms with Gasteiger partial charge in [0, 0.05) is 16.0 Å². The summed E-state index contributed by atoms with van der Waals surface area (Å²) in [6, 6.07) is 1.85. The second-order valence-corrected chi connectivity index (χ2v) is 3.73. The zero-order valence-corrected chi connectivity index (χ0v) is 9.17. The smallest absolute Gasteiger partial charge is 0.398 e. The molecule has 0 aliphatic carbocycles. The van der Waals surface area contributed by atoms with E-state index >= 15 is 0 Å². The SMILES string of the molecule is Nc1cc(C(F)(F)F)cc(CCl)c1Br. The normalized spacial score (nSPS) is 11.8. The lowest BCUT2D eigenvalue weighted by atomic mass is 10.1. The van der Waals surface area contributed by atoms with Gasteiger partial charge < -0.3 is 5.73 Å². The Kier molecular flexibility index (Phi) is 3.32. The predicted octanol–water partition coefficient (Wildman–Crippen LogP) is 3.79. The predicted molar refractivity (Wildman–Crippen MR) is 53.1 cm³/mol. The van der Waals surface area contributed by atoms with Gasteiger partial charge in [0.15, 0.2) is 0 Å². The fraction of sp³-hybridized carbons (Fsp3) is 0.250. The first-order valence-electron chi connectivity index (χ1n) is 3.57. The Morgan fingerprint density at radius 3 is 2.36 bits per heavy atom. The molecule has 78 valence electrons. The van der Waals surface area contributed by atoms with E-state index in [1.807, 2.05) is 0 Å². The fourth-order valence-electron chi connectivity index (χ4n) is 0.970. The van der Waals surface area contributed by atoms with E-state index in [-0.39, 0.29) is 11.6 Å². The molecule has 1 aromatic carbocycles. The van der Waals surface area contributed by atoms with Crippen LogP contribution in [-0.4, -0.2) is 0 Å². The van der Waals surface area contributed by atoms with Gasteiger partial charge >= 0.3 is 6.18 Å². The Labute approximate surface area is 92.2 Å². The molecule has 0 bridgehead atoms. The van der Waals surface area contributed by atoms with Crippen LogP contribution in [0.3, 0.4) is 0 Å². The molecule has 6 heteroatoms. The maximum Gasteiger partial charge on any atom is 0.416 e. The molecule has 0 spiro atoms. The van der Waals surface area contributed by atoms with Crippen molar-refractivity contribution >= 4 is 33.2 Å². The first-order valence-corrected chi connectivity index (χ1v) is 4.90. The molecule has 0 radical (unpaired) electrons. The van der Waals surface area contributed by atoms with Crippen LogP contribution < -0.4 is 5.73 Å². The Balaban J connectivity index is 3.30. The molecule has 0 fully saturated rings. The van der Waals surface area contributed by atoms with Crippen molar-refractivity contribution in [2.24, 2.45) is 0 Å². The van der Waals surface area contributed by atoms with E-state index in [2.05, 4.69) is 15.9 Å². The number of hydrogen-bond donors (Lipinski definition) is 1. The van der Waals surface area contributed by atoms with E-state index in [9.17, 15) is 13.2 Å². The summed E-state index contributed by atoms with van der Waals surface area (Å²) in [5.74, 6) is -0.0191. The van der Waals surface area contributed by atoms with Crippen LogP contribution >= 0.6 is 27.5 Å². The topological polar surface area (TPSA) is 26.0 Å². The lowest BCUT2D eigenvalue weighted by Crippen LogP contribution is -2.07. The van der Waals surface area contributed by atoms with E-state index in [4.69, 9.17) is 17.3 Å². The molecule has 0 aliphatic rings. The number of nitrogen functional groups attached to an aromatic ring is 1. The van der Waals surface area contributed by atoms with E-state index < -0.39 is 11.7 Å². The fourth-order valence-corrected chi connectivity index (χ4v) is 1.71. The molecule has 0 heterocycles. The molecule has 14 heavy (non-hydrogen) atoms. The van der Waals surface area contributed by atoms with Crippen LogP contribution in [-0.2, 0) is 12.1 Å². The Hall–Kier alpha value is -0.420. The summed E-state index contributed by atoms with van der Waals surface area (Å²) in [7, 11) is 0. The van der Waals surface area contributed by atoms with Crippen molar-refractivity contribution in [1.29, 1.82) is 0 Å².